The third kappa shape index (κ3) is 4.74. The number of hydrogen-bond donors (Lipinski definition) is 1. The molecule has 7 heteroatoms. The molecule has 1 aromatic heterocycles. The number of aromatic nitrogens is 3. The van der Waals surface area contributed by atoms with E-state index in [1.165, 1.54) is 4.68 Å². The summed E-state index contributed by atoms with van der Waals surface area (Å²) in [5.41, 5.74) is 2.47. The van der Waals surface area contributed by atoms with E-state index >= 15 is 0 Å². The topological polar surface area (TPSA) is 68.0 Å². The number of carboxylic acid groups (broad SMARTS) is 1. The summed E-state index contributed by atoms with van der Waals surface area (Å²) in [6.45, 7) is 2.99. The molecule has 29 heavy (non-hydrogen) atoms. The van der Waals surface area contributed by atoms with Crippen LogP contribution in [0.2, 0.25) is 0 Å². The number of hydrogen-bond acceptors (Lipinski definition) is 3. The van der Waals surface area contributed by atoms with Crippen LogP contribution in [0.15, 0.2) is 60.7 Å². The molecule has 0 bridgehead atoms. The molecule has 0 fully saturated rings. The summed E-state index contributed by atoms with van der Waals surface area (Å²) in [7, 11) is 0. The molecule has 0 radical (unpaired) electrons. The van der Waals surface area contributed by atoms with Gasteiger partial charge in [-0.1, -0.05) is 54.6 Å². The van der Waals surface area contributed by atoms with Gasteiger partial charge in [-0.05, 0) is 29.7 Å². The van der Waals surface area contributed by atoms with Gasteiger partial charge >= 0.3 is 11.9 Å². The molecule has 0 amide bonds. The van der Waals surface area contributed by atoms with E-state index in [2.05, 4.69) is 10.1 Å². The van der Waals surface area contributed by atoms with Crippen LogP contribution in [0, 0.1) is 0 Å². The van der Waals surface area contributed by atoms with Gasteiger partial charge in [-0.25, -0.2) is 14.5 Å². The van der Waals surface area contributed by atoms with Crippen molar-refractivity contribution in [3.05, 3.63) is 83.5 Å². The summed E-state index contributed by atoms with van der Waals surface area (Å²) >= 11 is 0. The van der Waals surface area contributed by atoms with Gasteiger partial charge in [0.15, 0.2) is 0 Å². The van der Waals surface area contributed by atoms with Crippen molar-refractivity contribution in [1.82, 2.24) is 14.8 Å². The van der Waals surface area contributed by atoms with Crippen molar-refractivity contribution in [2.75, 3.05) is 0 Å². The average molecular weight is 397 g/mol. The quantitative estimate of drug-likeness (QED) is 0.575. The first-order valence-corrected chi connectivity index (χ1v) is 9.14. The van der Waals surface area contributed by atoms with Crippen molar-refractivity contribution in [2.24, 2.45) is 0 Å². The summed E-state index contributed by atoms with van der Waals surface area (Å²) in [5.74, 6) is -4.16. The molecule has 0 spiro atoms. The number of rotatable bonds is 7. The van der Waals surface area contributed by atoms with E-state index in [1.807, 2.05) is 43.3 Å². The lowest BCUT2D eigenvalue weighted by molar-refractivity contribution is 0.00756. The lowest BCUT2D eigenvalue weighted by Crippen LogP contribution is -2.10. The summed E-state index contributed by atoms with van der Waals surface area (Å²) < 4.78 is 28.8. The van der Waals surface area contributed by atoms with Crippen LogP contribution in [0.4, 0.5) is 8.78 Å². The molecule has 1 N–H and O–H groups in total. The fraction of sp³-hybridized carbons (Fsp3) is 0.227. The van der Waals surface area contributed by atoms with E-state index in [4.69, 9.17) is 0 Å². The number of halogens is 2. The van der Waals surface area contributed by atoms with Gasteiger partial charge in [0, 0.05) is 13.3 Å². The van der Waals surface area contributed by atoms with Gasteiger partial charge in [0.05, 0.1) is 12.1 Å². The maximum atomic E-state index is 13.6. The highest BCUT2D eigenvalue weighted by molar-refractivity contribution is 5.95. The summed E-state index contributed by atoms with van der Waals surface area (Å²) in [5, 5.41) is 13.3. The smallest absolute Gasteiger partial charge is 0.336 e. The molecule has 150 valence electrons. The molecular weight excluding hydrogens is 376 g/mol. The Kier molecular flexibility index (Phi) is 5.87. The van der Waals surface area contributed by atoms with Gasteiger partial charge in [0.25, 0.3) is 0 Å². The predicted octanol–water partition coefficient (Wildman–Crippen LogP) is 4.92. The normalized spacial score (nSPS) is 11.9. The third-order valence-electron chi connectivity index (χ3n) is 4.44. The van der Waals surface area contributed by atoms with Crippen molar-refractivity contribution in [1.29, 1.82) is 0 Å². The number of benzene rings is 2. The lowest BCUT2D eigenvalue weighted by Gasteiger charge is -2.08. The van der Waals surface area contributed by atoms with E-state index in [-0.39, 0.29) is 5.56 Å². The molecule has 0 aliphatic rings. The Labute approximate surface area is 167 Å². The standard InChI is InChI=1S/C22H21F2N3O2/c1-3-4-13-27-19(25-21(26-27)22(2,23)24)14-15-9-11-16(12-10-15)17-7-5-6-8-18(17)20(28)29/h3-12H,13-14H2,1-2H3,(H,28,29). The Morgan fingerprint density at radius 2 is 1.86 bits per heavy atom. The molecule has 0 unspecified atom stereocenters. The number of alkyl halides is 2. The molecular formula is C22H21F2N3O2. The molecule has 5 nitrogen and oxygen atoms in total. The van der Waals surface area contributed by atoms with Crippen LogP contribution < -0.4 is 0 Å². The Morgan fingerprint density at radius 1 is 1.17 bits per heavy atom. The van der Waals surface area contributed by atoms with Gasteiger partial charge in [0.2, 0.25) is 5.82 Å². The Hall–Kier alpha value is -3.35. The summed E-state index contributed by atoms with van der Waals surface area (Å²) in [4.78, 5) is 15.5. The monoisotopic (exact) mass is 397 g/mol. The molecule has 1 heterocycles. The first-order chi connectivity index (χ1) is 13.8. The van der Waals surface area contributed by atoms with Gasteiger partial charge in [-0.15, -0.1) is 5.10 Å². The molecule has 0 aliphatic carbocycles. The molecule has 2 aromatic carbocycles. The highest BCUT2D eigenvalue weighted by Gasteiger charge is 2.31. The fourth-order valence-electron chi connectivity index (χ4n) is 2.95. The number of carbonyl (C=O) groups is 1. The first-order valence-electron chi connectivity index (χ1n) is 9.14. The maximum Gasteiger partial charge on any atom is 0.336 e. The summed E-state index contributed by atoms with van der Waals surface area (Å²) in [6.07, 6.45) is 3.98. The van der Waals surface area contributed by atoms with Crippen LogP contribution in [-0.4, -0.2) is 25.8 Å². The van der Waals surface area contributed by atoms with Gasteiger partial charge < -0.3 is 5.11 Å². The number of nitrogens with zero attached hydrogens (tertiary/aromatic N) is 3. The zero-order chi connectivity index (χ0) is 21.0. The number of aromatic carboxylic acids is 1. The molecule has 3 aromatic rings. The molecule has 3 rings (SSSR count). The van der Waals surface area contributed by atoms with Crippen molar-refractivity contribution in [2.45, 2.75) is 32.7 Å². The average Bonchev–Trinajstić information content (AvgIpc) is 3.10. The number of allylic oxidation sites excluding steroid dienone is 2. The maximum absolute atomic E-state index is 13.6. The van der Waals surface area contributed by atoms with Crippen molar-refractivity contribution >= 4 is 5.97 Å². The van der Waals surface area contributed by atoms with Crippen LogP contribution in [0.5, 0.6) is 0 Å². The van der Waals surface area contributed by atoms with Crippen LogP contribution >= 0.6 is 0 Å². The highest BCUT2D eigenvalue weighted by atomic mass is 19.3. The van der Waals surface area contributed by atoms with E-state index in [0.29, 0.717) is 24.4 Å². The highest BCUT2D eigenvalue weighted by Crippen LogP contribution is 2.26. The van der Waals surface area contributed by atoms with Crippen LogP contribution in [0.25, 0.3) is 11.1 Å². The van der Waals surface area contributed by atoms with Crippen molar-refractivity contribution in [3.63, 3.8) is 0 Å². The van der Waals surface area contributed by atoms with Gasteiger partial charge in [-0.3, -0.25) is 0 Å². The van der Waals surface area contributed by atoms with E-state index in [9.17, 15) is 18.7 Å². The second-order valence-corrected chi connectivity index (χ2v) is 6.72. The summed E-state index contributed by atoms with van der Waals surface area (Å²) in [6, 6.07) is 14.1. The zero-order valence-corrected chi connectivity index (χ0v) is 16.1. The number of carboxylic acids is 1. The molecule has 0 atom stereocenters. The van der Waals surface area contributed by atoms with Crippen molar-refractivity contribution < 1.29 is 18.7 Å². The molecule has 0 aliphatic heterocycles. The fourth-order valence-corrected chi connectivity index (χ4v) is 2.95. The Bertz CT molecular complexity index is 1030. The van der Waals surface area contributed by atoms with Crippen LogP contribution in [-0.2, 0) is 18.9 Å². The largest absolute Gasteiger partial charge is 0.478 e. The van der Waals surface area contributed by atoms with Crippen molar-refractivity contribution in [3.8, 4) is 11.1 Å². The molecule has 0 saturated carbocycles. The second kappa shape index (κ2) is 8.34. The van der Waals surface area contributed by atoms with E-state index < -0.39 is 17.7 Å². The van der Waals surface area contributed by atoms with Gasteiger partial charge in [0.1, 0.15) is 5.82 Å². The van der Waals surface area contributed by atoms with Gasteiger partial charge in [-0.2, -0.15) is 8.78 Å². The Morgan fingerprint density at radius 3 is 2.48 bits per heavy atom. The third-order valence-corrected chi connectivity index (χ3v) is 4.44. The van der Waals surface area contributed by atoms with E-state index in [0.717, 1.165) is 18.1 Å². The first kappa shape index (κ1) is 20.4. The lowest BCUT2D eigenvalue weighted by atomic mass is 9.98. The minimum atomic E-state index is -3.11. The van der Waals surface area contributed by atoms with Crippen LogP contribution in [0.3, 0.4) is 0 Å². The molecule has 0 saturated heterocycles. The predicted molar refractivity (Wildman–Crippen MR) is 106 cm³/mol. The SMILES string of the molecule is CC=CCn1nc(C(C)(F)F)nc1Cc1ccc(-c2ccccc2C(=O)O)cc1. The minimum Gasteiger partial charge on any atom is -0.478 e. The second-order valence-electron chi connectivity index (χ2n) is 6.72. The van der Waals surface area contributed by atoms with Crippen LogP contribution in [0.1, 0.15) is 41.4 Å². The van der Waals surface area contributed by atoms with E-state index in [1.54, 1.807) is 24.3 Å². The zero-order valence-electron chi connectivity index (χ0n) is 16.1. The Balaban J connectivity index is 1.89. The minimum absolute atomic E-state index is 0.223.